The third-order valence-corrected chi connectivity index (χ3v) is 3.08. The molecule has 0 fully saturated rings. The minimum atomic E-state index is 0.294. The molecular formula is C15H12N4O2. The van der Waals surface area contributed by atoms with Crippen molar-refractivity contribution in [1.29, 1.82) is 5.26 Å². The zero-order valence-electron chi connectivity index (χ0n) is 11.4. The Hall–Kier alpha value is -2.94. The third kappa shape index (κ3) is 2.82. The molecule has 2 aromatic heterocycles. The molecule has 0 saturated heterocycles. The smallest absolute Gasteiger partial charge is 0.232 e. The molecule has 0 unspecified atom stereocenters. The molecule has 0 amide bonds. The van der Waals surface area contributed by atoms with E-state index in [4.69, 9.17) is 14.3 Å². The van der Waals surface area contributed by atoms with Crippen molar-refractivity contribution in [2.75, 3.05) is 0 Å². The molecule has 6 nitrogen and oxygen atoms in total. The van der Waals surface area contributed by atoms with E-state index < -0.39 is 0 Å². The first-order valence-electron chi connectivity index (χ1n) is 6.47. The van der Waals surface area contributed by atoms with E-state index >= 15 is 0 Å². The molecular weight excluding hydrogens is 268 g/mol. The highest BCUT2D eigenvalue weighted by Crippen LogP contribution is 2.15. The number of nitriles is 1. The number of hydrogen-bond donors (Lipinski definition) is 0. The van der Waals surface area contributed by atoms with Crippen molar-refractivity contribution in [1.82, 2.24) is 15.3 Å². The number of rotatable bonds is 4. The summed E-state index contributed by atoms with van der Waals surface area (Å²) >= 11 is 0. The first kappa shape index (κ1) is 13.1. The van der Waals surface area contributed by atoms with Crippen molar-refractivity contribution in [3.8, 4) is 6.07 Å². The average molecular weight is 280 g/mol. The van der Waals surface area contributed by atoms with Gasteiger partial charge in [-0.3, -0.25) is 0 Å². The molecule has 3 rings (SSSR count). The van der Waals surface area contributed by atoms with Crippen molar-refractivity contribution < 1.29 is 9.05 Å². The topological polar surface area (TPSA) is 88.7 Å². The van der Waals surface area contributed by atoms with E-state index in [1.807, 2.05) is 30.3 Å². The Morgan fingerprint density at radius 1 is 1.10 bits per heavy atom. The highest BCUT2D eigenvalue weighted by atomic mass is 16.5. The molecule has 0 aliphatic heterocycles. The van der Waals surface area contributed by atoms with E-state index in [1.165, 1.54) is 0 Å². The lowest BCUT2D eigenvalue weighted by molar-refractivity contribution is 0.368. The van der Waals surface area contributed by atoms with E-state index in [9.17, 15) is 0 Å². The average Bonchev–Trinajstić information content (AvgIpc) is 3.07. The van der Waals surface area contributed by atoms with Crippen molar-refractivity contribution in [2.24, 2.45) is 0 Å². The van der Waals surface area contributed by atoms with Crippen LogP contribution in [-0.2, 0) is 12.8 Å². The molecule has 2 heterocycles. The molecule has 0 spiro atoms. The van der Waals surface area contributed by atoms with Gasteiger partial charge in [0.05, 0.1) is 6.42 Å². The summed E-state index contributed by atoms with van der Waals surface area (Å²) < 4.78 is 10.2. The van der Waals surface area contributed by atoms with Gasteiger partial charge < -0.3 is 9.05 Å². The van der Waals surface area contributed by atoms with Gasteiger partial charge in [0.1, 0.15) is 17.3 Å². The summed E-state index contributed by atoms with van der Waals surface area (Å²) in [5, 5.41) is 16.8. The summed E-state index contributed by atoms with van der Waals surface area (Å²) in [5.41, 5.74) is 2.06. The normalized spacial score (nSPS) is 10.5. The molecule has 104 valence electrons. The highest BCUT2D eigenvalue weighted by Gasteiger charge is 2.16. The maximum Gasteiger partial charge on any atom is 0.232 e. The quantitative estimate of drug-likeness (QED) is 0.729. The predicted octanol–water partition coefficient (Wildman–Crippen LogP) is 2.42. The standard InChI is InChI=1S/C15H12N4O2/c1-10-12(9-16)13(18-20-10)8-15-17-14(19-21-15)7-11-5-3-2-4-6-11/h2-6H,7-8H2,1H3. The summed E-state index contributed by atoms with van der Waals surface area (Å²) in [6, 6.07) is 12.0. The van der Waals surface area contributed by atoms with Crippen molar-refractivity contribution in [2.45, 2.75) is 19.8 Å². The van der Waals surface area contributed by atoms with Gasteiger partial charge in [-0.15, -0.1) is 0 Å². The summed E-state index contributed by atoms with van der Waals surface area (Å²) in [7, 11) is 0. The van der Waals surface area contributed by atoms with Gasteiger partial charge in [-0.25, -0.2) is 0 Å². The third-order valence-electron chi connectivity index (χ3n) is 3.08. The van der Waals surface area contributed by atoms with E-state index in [1.54, 1.807) is 6.92 Å². The molecule has 0 bridgehead atoms. The van der Waals surface area contributed by atoms with Crippen molar-refractivity contribution in [3.05, 3.63) is 64.6 Å². The lowest BCUT2D eigenvalue weighted by Gasteiger charge is -1.94. The summed E-state index contributed by atoms with van der Waals surface area (Å²) in [4.78, 5) is 4.32. The molecule has 0 atom stereocenters. The van der Waals surface area contributed by atoms with Gasteiger partial charge in [-0.2, -0.15) is 10.2 Å². The molecule has 0 radical (unpaired) electrons. The fourth-order valence-corrected chi connectivity index (χ4v) is 2.04. The second kappa shape index (κ2) is 5.59. The summed E-state index contributed by atoms with van der Waals surface area (Å²) in [5.74, 6) is 1.53. The van der Waals surface area contributed by atoms with Crippen molar-refractivity contribution >= 4 is 0 Å². The Labute approximate surface area is 121 Å². The van der Waals surface area contributed by atoms with Crippen LogP contribution in [0.15, 0.2) is 39.4 Å². The Morgan fingerprint density at radius 3 is 2.67 bits per heavy atom. The van der Waals surface area contributed by atoms with Crippen LogP contribution in [0.1, 0.15) is 34.3 Å². The number of aromatic nitrogens is 3. The second-order valence-corrected chi connectivity index (χ2v) is 4.62. The van der Waals surface area contributed by atoms with Gasteiger partial charge in [0.25, 0.3) is 0 Å². The van der Waals surface area contributed by atoms with Crippen LogP contribution in [0.25, 0.3) is 0 Å². The number of benzene rings is 1. The summed E-state index contributed by atoms with van der Waals surface area (Å²) in [6.07, 6.45) is 0.898. The second-order valence-electron chi connectivity index (χ2n) is 4.62. The minimum absolute atomic E-state index is 0.294. The first-order valence-corrected chi connectivity index (χ1v) is 6.47. The van der Waals surface area contributed by atoms with Crippen LogP contribution in [0, 0.1) is 18.3 Å². The van der Waals surface area contributed by atoms with Gasteiger partial charge in [0.2, 0.25) is 5.89 Å². The lowest BCUT2D eigenvalue weighted by Crippen LogP contribution is -1.94. The largest absolute Gasteiger partial charge is 0.360 e. The Bertz CT molecular complexity index is 784. The van der Waals surface area contributed by atoms with Crippen LogP contribution in [0.3, 0.4) is 0 Å². The maximum atomic E-state index is 9.05. The van der Waals surface area contributed by atoms with Gasteiger partial charge in [-0.05, 0) is 12.5 Å². The van der Waals surface area contributed by atoms with Crippen LogP contribution in [-0.4, -0.2) is 15.3 Å². The van der Waals surface area contributed by atoms with Crippen LogP contribution in [0.4, 0.5) is 0 Å². The molecule has 0 aliphatic rings. The minimum Gasteiger partial charge on any atom is -0.360 e. The molecule has 21 heavy (non-hydrogen) atoms. The van der Waals surface area contributed by atoms with E-state index in [0.29, 0.717) is 41.6 Å². The maximum absolute atomic E-state index is 9.05. The number of nitrogens with zero attached hydrogens (tertiary/aromatic N) is 4. The van der Waals surface area contributed by atoms with Gasteiger partial charge in [0, 0.05) is 6.42 Å². The van der Waals surface area contributed by atoms with Crippen LogP contribution < -0.4 is 0 Å². The number of aryl methyl sites for hydroxylation is 1. The molecule has 0 aliphatic carbocycles. The zero-order valence-corrected chi connectivity index (χ0v) is 11.4. The molecule has 0 N–H and O–H groups in total. The first-order chi connectivity index (χ1) is 10.3. The fourth-order valence-electron chi connectivity index (χ4n) is 2.04. The van der Waals surface area contributed by atoms with Gasteiger partial charge >= 0.3 is 0 Å². The predicted molar refractivity (Wildman–Crippen MR) is 72.3 cm³/mol. The zero-order chi connectivity index (χ0) is 14.7. The molecule has 3 aromatic rings. The van der Waals surface area contributed by atoms with Crippen molar-refractivity contribution in [3.63, 3.8) is 0 Å². The number of hydrogen-bond acceptors (Lipinski definition) is 6. The van der Waals surface area contributed by atoms with E-state index in [-0.39, 0.29) is 0 Å². The monoisotopic (exact) mass is 280 g/mol. The lowest BCUT2D eigenvalue weighted by atomic mass is 10.1. The van der Waals surface area contributed by atoms with Gasteiger partial charge in [-0.1, -0.05) is 40.6 Å². The molecule has 0 saturated carbocycles. The van der Waals surface area contributed by atoms with Gasteiger partial charge in [0.15, 0.2) is 11.6 Å². The highest BCUT2D eigenvalue weighted by molar-refractivity contribution is 5.36. The van der Waals surface area contributed by atoms with Crippen LogP contribution in [0.2, 0.25) is 0 Å². The Balaban J connectivity index is 1.75. The molecule has 6 heteroatoms. The van der Waals surface area contributed by atoms with Crippen LogP contribution in [0.5, 0.6) is 0 Å². The van der Waals surface area contributed by atoms with E-state index in [0.717, 1.165) is 5.56 Å². The van der Waals surface area contributed by atoms with Crippen LogP contribution >= 0.6 is 0 Å². The molecule has 1 aromatic carbocycles. The fraction of sp³-hybridized carbons (Fsp3) is 0.200. The Kier molecular flexibility index (Phi) is 3.48. The summed E-state index contributed by atoms with van der Waals surface area (Å²) in [6.45, 7) is 1.70. The SMILES string of the molecule is Cc1onc(Cc2nc(Cc3ccccc3)no2)c1C#N. The Morgan fingerprint density at radius 2 is 1.90 bits per heavy atom. The van der Waals surface area contributed by atoms with E-state index in [2.05, 4.69) is 21.4 Å².